The molecule has 4 N–H and O–H groups in total. The highest BCUT2D eigenvalue weighted by Crippen LogP contribution is 2.80. The van der Waals surface area contributed by atoms with Crippen LogP contribution in [0.25, 0.3) is 0 Å². The number of piperidine rings is 1. The second kappa shape index (κ2) is 9.42. The fourth-order valence-corrected chi connectivity index (χ4v) is 11.8. The minimum atomic E-state index is -2.18. The van der Waals surface area contributed by atoms with E-state index in [1.54, 1.807) is 51.7 Å². The number of methoxy groups -OCH3 is 4. The third-order valence-electron chi connectivity index (χ3n) is 12.7. The number of aliphatic hydroxyl groups excluding tert-OH is 2. The molecule has 7 bridgehead atoms. The molecule has 42 heavy (non-hydrogen) atoms. The monoisotopic (exact) mass is 589 g/mol. The fraction of sp³-hybridized carbons (Fsp3) is 0.774. The average molecular weight is 590 g/mol. The van der Waals surface area contributed by atoms with Crippen molar-refractivity contribution in [3.63, 3.8) is 0 Å². The molecule has 15 atom stereocenters. The van der Waals surface area contributed by atoms with E-state index in [-0.39, 0.29) is 12.6 Å². The second-order valence-corrected chi connectivity index (χ2v) is 13.6. The van der Waals surface area contributed by atoms with Crippen LogP contribution in [0, 0.1) is 34.5 Å². The Bertz CT molecular complexity index is 1240. The molecule has 1 aromatic rings. The van der Waals surface area contributed by atoms with Gasteiger partial charge in [0, 0.05) is 81.9 Å². The van der Waals surface area contributed by atoms with Crippen molar-refractivity contribution in [2.24, 2.45) is 34.5 Å². The zero-order valence-corrected chi connectivity index (χ0v) is 24.8. The lowest BCUT2D eigenvalue weighted by molar-refractivity contribution is -0.360. The third-order valence-corrected chi connectivity index (χ3v) is 12.7. The van der Waals surface area contributed by atoms with Crippen LogP contribution in [0.4, 0.5) is 0 Å². The van der Waals surface area contributed by atoms with E-state index in [9.17, 15) is 25.2 Å². The van der Waals surface area contributed by atoms with Crippen LogP contribution in [0.3, 0.4) is 0 Å². The summed E-state index contributed by atoms with van der Waals surface area (Å²) in [5, 5.41) is 50.1. The summed E-state index contributed by atoms with van der Waals surface area (Å²) in [6.07, 6.45) is -4.96. The van der Waals surface area contributed by atoms with Crippen LogP contribution >= 0.6 is 0 Å². The summed E-state index contributed by atoms with van der Waals surface area (Å²) >= 11 is 0. The van der Waals surface area contributed by atoms with Gasteiger partial charge in [0.1, 0.15) is 23.4 Å². The van der Waals surface area contributed by atoms with Crippen LogP contribution in [0.1, 0.15) is 23.2 Å². The number of hydrogen-bond acceptors (Lipinski definition) is 11. The number of hydrogen-bond donors (Lipinski definition) is 4. The standard InChI is InChI=1S/C31H43NO10/c1-32-13-28(14-38-2)18(33)12-19(39-3)29-17-11-16-21(40-4)25(34)31(37,20(24(29)32)22(41-5)23(28)29)30(17,36)26(16)42-27(35)15-9-7-6-8-10-15/h6-10,16-26,33-34,36-37H,11-14H2,1-5H3/t16-,17?,18?,19?,20?,21-,22?,23-,24-,25?,26?,28?,29?,30+,31-/m1/s1. The number of carbonyl (C=O) groups excluding carboxylic acids is 1. The van der Waals surface area contributed by atoms with E-state index in [1.807, 2.05) is 7.05 Å². The highest BCUT2D eigenvalue weighted by Gasteiger charge is 2.93. The van der Waals surface area contributed by atoms with Gasteiger partial charge in [0.2, 0.25) is 0 Å². The van der Waals surface area contributed by atoms with Crippen molar-refractivity contribution in [2.45, 2.75) is 66.7 Å². The molecule has 1 spiro atoms. The molecule has 0 amide bonds. The maximum Gasteiger partial charge on any atom is 0.338 e. The second-order valence-electron chi connectivity index (χ2n) is 13.6. The Balaban J connectivity index is 1.48. The number of fused-ring (bicyclic) bond motifs is 2. The molecular formula is C31H43NO10. The molecule has 7 rings (SSSR count). The number of esters is 1. The lowest BCUT2D eigenvalue weighted by Crippen LogP contribution is -2.86. The van der Waals surface area contributed by atoms with E-state index in [1.165, 1.54) is 7.11 Å². The first kappa shape index (κ1) is 29.1. The van der Waals surface area contributed by atoms with E-state index in [0.717, 1.165) is 0 Å². The number of aliphatic hydroxyl groups is 4. The number of ether oxygens (including phenoxy) is 5. The van der Waals surface area contributed by atoms with Gasteiger partial charge < -0.3 is 49.0 Å². The summed E-state index contributed by atoms with van der Waals surface area (Å²) in [5.74, 6) is -3.14. The molecule has 232 valence electrons. The van der Waals surface area contributed by atoms with Gasteiger partial charge >= 0.3 is 5.97 Å². The number of benzene rings is 1. The van der Waals surface area contributed by atoms with Crippen molar-refractivity contribution >= 4 is 5.97 Å². The highest BCUT2D eigenvalue weighted by atomic mass is 16.6. The first-order valence-corrected chi connectivity index (χ1v) is 14.9. The smallest absolute Gasteiger partial charge is 0.338 e. The van der Waals surface area contributed by atoms with Gasteiger partial charge in [-0.2, -0.15) is 0 Å². The first-order chi connectivity index (χ1) is 20.0. The SMILES string of the molecule is COCC12CN(C)[C@@H]3C4C(OC)[C@H]1C3(C(OC)CC2O)C1C[C@H]2C(OC(=O)c3ccccc3)[C@]1(O)[C@]4(O)C(O)[C@@H]2OC. The van der Waals surface area contributed by atoms with Gasteiger partial charge in [-0.25, -0.2) is 4.79 Å². The highest BCUT2D eigenvalue weighted by molar-refractivity contribution is 5.89. The summed E-state index contributed by atoms with van der Waals surface area (Å²) in [6.45, 7) is 0.718. The Hall–Kier alpha value is -1.67. The zero-order valence-electron chi connectivity index (χ0n) is 24.8. The van der Waals surface area contributed by atoms with Gasteiger partial charge in [0.15, 0.2) is 0 Å². The minimum absolute atomic E-state index is 0.239. The fourth-order valence-electron chi connectivity index (χ4n) is 11.8. The Morgan fingerprint density at radius 3 is 2.29 bits per heavy atom. The largest absolute Gasteiger partial charge is 0.455 e. The van der Waals surface area contributed by atoms with Gasteiger partial charge in [0.25, 0.3) is 0 Å². The summed E-state index contributed by atoms with van der Waals surface area (Å²) < 4.78 is 30.3. The van der Waals surface area contributed by atoms with E-state index in [0.29, 0.717) is 24.9 Å². The molecule has 0 radical (unpaired) electrons. The predicted molar refractivity (Wildman–Crippen MR) is 146 cm³/mol. The van der Waals surface area contributed by atoms with Crippen molar-refractivity contribution in [2.75, 3.05) is 48.6 Å². The molecule has 11 nitrogen and oxygen atoms in total. The molecule has 9 unspecified atom stereocenters. The van der Waals surface area contributed by atoms with Crippen molar-refractivity contribution < 1.29 is 48.9 Å². The molecule has 0 aromatic heterocycles. The predicted octanol–water partition coefficient (Wildman–Crippen LogP) is -0.313. The quantitative estimate of drug-likeness (QED) is 0.311. The lowest BCUT2D eigenvalue weighted by atomic mass is 9.41. The molecule has 5 aliphatic carbocycles. The Labute approximate surface area is 245 Å². The molecule has 1 aliphatic heterocycles. The van der Waals surface area contributed by atoms with Crippen molar-refractivity contribution in [3.8, 4) is 0 Å². The van der Waals surface area contributed by atoms with E-state index in [2.05, 4.69) is 4.90 Å². The molecule has 1 heterocycles. The van der Waals surface area contributed by atoms with Gasteiger partial charge in [-0.05, 0) is 25.6 Å². The van der Waals surface area contributed by atoms with E-state index >= 15 is 0 Å². The number of carbonyl (C=O) groups is 1. The van der Waals surface area contributed by atoms with Gasteiger partial charge in [-0.15, -0.1) is 0 Å². The van der Waals surface area contributed by atoms with E-state index in [4.69, 9.17) is 23.7 Å². The summed E-state index contributed by atoms with van der Waals surface area (Å²) in [4.78, 5) is 15.6. The number of rotatable bonds is 7. The third kappa shape index (κ3) is 2.96. The lowest BCUT2D eigenvalue weighted by Gasteiger charge is -2.71. The molecule has 6 aliphatic rings. The van der Waals surface area contributed by atoms with Crippen LogP contribution in [-0.2, 0) is 23.7 Å². The van der Waals surface area contributed by atoms with Gasteiger partial charge in [-0.3, -0.25) is 0 Å². The van der Waals surface area contributed by atoms with Crippen LogP contribution in [-0.4, -0.2) is 134 Å². The maximum atomic E-state index is 13.5. The Morgan fingerprint density at radius 1 is 0.976 bits per heavy atom. The molecule has 11 heteroatoms. The van der Waals surface area contributed by atoms with Gasteiger partial charge in [0.05, 0.1) is 36.6 Å². The van der Waals surface area contributed by atoms with Crippen molar-refractivity contribution in [1.29, 1.82) is 0 Å². The van der Waals surface area contributed by atoms with E-state index < -0.39 is 88.3 Å². The van der Waals surface area contributed by atoms with Crippen molar-refractivity contribution in [1.82, 2.24) is 4.90 Å². The molecule has 1 aromatic carbocycles. The molecule has 1 saturated heterocycles. The van der Waals surface area contributed by atoms with Crippen LogP contribution in [0.2, 0.25) is 0 Å². The maximum absolute atomic E-state index is 13.5. The van der Waals surface area contributed by atoms with Crippen LogP contribution < -0.4 is 0 Å². The van der Waals surface area contributed by atoms with Crippen molar-refractivity contribution in [3.05, 3.63) is 35.9 Å². The summed E-state index contributed by atoms with van der Waals surface area (Å²) in [6, 6.07) is 8.16. The Kier molecular flexibility index (Phi) is 6.52. The van der Waals surface area contributed by atoms with Gasteiger partial charge in [-0.1, -0.05) is 18.2 Å². The summed E-state index contributed by atoms with van der Waals surface area (Å²) in [7, 11) is 8.22. The average Bonchev–Trinajstić information content (AvgIpc) is 3.38. The summed E-state index contributed by atoms with van der Waals surface area (Å²) in [5.41, 5.74) is -5.54. The number of likely N-dealkylation sites (tertiary alicyclic amines) is 1. The molecule has 5 saturated carbocycles. The topological polar surface area (TPSA) is 147 Å². The first-order valence-electron chi connectivity index (χ1n) is 14.9. The normalized spacial score (nSPS) is 53.7. The molecular weight excluding hydrogens is 546 g/mol. The zero-order chi connectivity index (χ0) is 30.0. The molecule has 6 fully saturated rings. The van der Waals surface area contributed by atoms with Crippen LogP contribution in [0.15, 0.2) is 30.3 Å². The van der Waals surface area contributed by atoms with Crippen LogP contribution in [0.5, 0.6) is 0 Å². The minimum Gasteiger partial charge on any atom is -0.455 e. The Morgan fingerprint density at radius 2 is 1.67 bits per heavy atom. The number of nitrogens with zero attached hydrogens (tertiary/aromatic N) is 1.